The minimum Gasteiger partial charge on any atom is -0.318 e. The van der Waals surface area contributed by atoms with Crippen LogP contribution in [0.5, 0.6) is 0 Å². The minimum atomic E-state index is -0.194. The lowest BCUT2D eigenvalue weighted by Crippen LogP contribution is -2.40. The van der Waals surface area contributed by atoms with Crippen molar-refractivity contribution in [3.63, 3.8) is 0 Å². The first-order valence-corrected chi connectivity index (χ1v) is 16.1. The van der Waals surface area contributed by atoms with Crippen LogP contribution in [0.25, 0.3) is 27.6 Å². The summed E-state index contributed by atoms with van der Waals surface area (Å²) in [6.07, 6.45) is 17.9. The summed E-state index contributed by atoms with van der Waals surface area (Å²) < 4.78 is 2.31. The maximum atomic E-state index is 5.49. The summed E-state index contributed by atoms with van der Waals surface area (Å²) in [6, 6.07) is 37.1. The van der Waals surface area contributed by atoms with Crippen molar-refractivity contribution in [2.45, 2.75) is 30.3 Å². The second-order valence-corrected chi connectivity index (χ2v) is 12.8. The molecule has 0 N–H and O–H groups in total. The molecule has 2 aliphatic heterocycles. The van der Waals surface area contributed by atoms with Crippen LogP contribution in [0.15, 0.2) is 152 Å². The van der Waals surface area contributed by atoms with Gasteiger partial charge >= 0.3 is 0 Å². The molecular weight excluding hydrogens is 562 g/mol. The number of para-hydroxylation sites is 4. The van der Waals surface area contributed by atoms with Crippen LogP contribution in [0.4, 0.5) is 23.1 Å². The lowest BCUT2D eigenvalue weighted by molar-refractivity contribution is 0.546. The molecule has 0 fully saturated rings. The van der Waals surface area contributed by atoms with E-state index in [9.17, 15) is 0 Å². The molecule has 4 heterocycles. The normalized spacial score (nSPS) is 23.6. The Bertz CT molecular complexity index is 2290. The third-order valence-electron chi connectivity index (χ3n) is 10.4. The Morgan fingerprint density at radius 3 is 2.09 bits per heavy atom. The first-order valence-electron chi connectivity index (χ1n) is 16.1. The number of aromatic nitrogens is 3. The van der Waals surface area contributed by atoms with Crippen LogP contribution in [0.2, 0.25) is 0 Å². The Morgan fingerprint density at radius 1 is 0.609 bits per heavy atom. The molecular formula is C41H31N5. The number of allylic oxidation sites excluding steroid dienone is 4. The van der Waals surface area contributed by atoms with Crippen molar-refractivity contribution in [2.24, 2.45) is 0 Å². The number of nitrogens with zero attached hydrogens (tertiary/aromatic N) is 5. The number of fused-ring (bicyclic) bond motifs is 9. The molecule has 4 aromatic carbocycles. The summed E-state index contributed by atoms with van der Waals surface area (Å²) in [5.41, 5.74) is 7.03. The first-order chi connectivity index (χ1) is 22.7. The molecule has 0 saturated carbocycles. The molecule has 2 aromatic heterocycles. The van der Waals surface area contributed by atoms with Gasteiger partial charge in [-0.25, -0.2) is 0 Å². The standard InChI is InChI=1S/C41H31N5/c1-41-25-13-12-24-37(41)46(36-23-11-6-18-31(36)41)40-42-38(44-32-19-7-2-14-27(32)28-15-3-8-20-33(28)44)26-39(43-40)45-34-21-9-4-16-29(34)30-17-5-10-22-35(30)45/h2-27,32,37H,1H3. The van der Waals surface area contributed by atoms with E-state index in [-0.39, 0.29) is 23.4 Å². The van der Waals surface area contributed by atoms with Crippen LogP contribution in [0.1, 0.15) is 24.0 Å². The SMILES string of the molecule is CC12C=CC=CC1N(c1nc(N3c4ccccc4C4C=CC=CC43)cc(-n3c4ccccc4c4ccccc43)n1)c1ccccc12. The second-order valence-electron chi connectivity index (χ2n) is 12.8. The van der Waals surface area contributed by atoms with Crippen LogP contribution < -0.4 is 9.80 Å². The van der Waals surface area contributed by atoms with Gasteiger partial charge in [-0.3, -0.25) is 4.57 Å². The van der Waals surface area contributed by atoms with E-state index in [0.29, 0.717) is 5.95 Å². The molecule has 5 nitrogen and oxygen atoms in total. The smallest absolute Gasteiger partial charge is 0.234 e. The predicted octanol–water partition coefficient (Wildman–Crippen LogP) is 9.21. The number of hydrogen-bond donors (Lipinski definition) is 0. The Kier molecular flexibility index (Phi) is 5.24. The Hall–Kier alpha value is -5.68. The molecule has 4 unspecified atom stereocenters. The van der Waals surface area contributed by atoms with Crippen LogP contribution in [-0.2, 0) is 5.41 Å². The van der Waals surface area contributed by atoms with Gasteiger partial charge in [0.1, 0.15) is 11.6 Å². The van der Waals surface area contributed by atoms with Crippen molar-refractivity contribution >= 4 is 44.9 Å². The summed E-state index contributed by atoms with van der Waals surface area (Å²) >= 11 is 0. The topological polar surface area (TPSA) is 37.2 Å². The van der Waals surface area contributed by atoms with Gasteiger partial charge in [0.25, 0.3) is 0 Å². The van der Waals surface area contributed by atoms with Crippen molar-refractivity contribution in [2.75, 3.05) is 9.80 Å². The van der Waals surface area contributed by atoms with E-state index >= 15 is 0 Å². The van der Waals surface area contributed by atoms with Gasteiger partial charge in [-0.05, 0) is 42.3 Å². The number of hydrogen-bond acceptors (Lipinski definition) is 4. The fourth-order valence-corrected chi connectivity index (χ4v) is 8.33. The van der Waals surface area contributed by atoms with Crippen LogP contribution in [0.3, 0.4) is 0 Å². The number of rotatable bonds is 3. The van der Waals surface area contributed by atoms with Crippen molar-refractivity contribution in [3.8, 4) is 5.82 Å². The minimum absolute atomic E-state index is 0.0484. The molecule has 5 heteroatoms. The Labute approximate surface area is 267 Å². The van der Waals surface area contributed by atoms with E-state index in [1.807, 2.05) is 0 Å². The van der Waals surface area contributed by atoms with E-state index in [4.69, 9.17) is 9.97 Å². The second kappa shape index (κ2) is 9.41. The summed E-state index contributed by atoms with van der Waals surface area (Å²) in [4.78, 5) is 15.7. The molecule has 6 aromatic rings. The Balaban J connectivity index is 1.27. The molecule has 220 valence electrons. The molecule has 10 rings (SSSR count). The van der Waals surface area contributed by atoms with Gasteiger partial charge < -0.3 is 9.80 Å². The van der Waals surface area contributed by atoms with Gasteiger partial charge in [0.15, 0.2) is 0 Å². The highest BCUT2D eigenvalue weighted by Gasteiger charge is 2.47. The molecule has 0 spiro atoms. The van der Waals surface area contributed by atoms with Gasteiger partial charge in [0, 0.05) is 39.5 Å². The average Bonchev–Trinajstić information content (AvgIpc) is 3.72. The number of benzene rings is 4. The zero-order valence-corrected chi connectivity index (χ0v) is 25.4. The zero-order valence-electron chi connectivity index (χ0n) is 25.4. The molecule has 2 aliphatic carbocycles. The molecule has 0 radical (unpaired) electrons. The fourth-order valence-electron chi connectivity index (χ4n) is 8.33. The average molecular weight is 594 g/mol. The van der Waals surface area contributed by atoms with Gasteiger partial charge in [-0.2, -0.15) is 9.97 Å². The molecule has 0 saturated heterocycles. The summed E-state index contributed by atoms with van der Waals surface area (Å²) in [5, 5.41) is 2.43. The van der Waals surface area contributed by atoms with Gasteiger partial charge in [0.05, 0.1) is 23.1 Å². The number of anilines is 4. The highest BCUT2D eigenvalue weighted by molar-refractivity contribution is 6.09. The zero-order chi connectivity index (χ0) is 30.4. The van der Waals surface area contributed by atoms with E-state index < -0.39 is 0 Å². The highest BCUT2D eigenvalue weighted by Crippen LogP contribution is 2.52. The first kappa shape index (κ1) is 25.6. The summed E-state index contributed by atoms with van der Waals surface area (Å²) in [5.74, 6) is 2.71. The van der Waals surface area contributed by atoms with E-state index in [2.05, 4.69) is 173 Å². The Morgan fingerprint density at radius 2 is 1.26 bits per heavy atom. The summed E-state index contributed by atoms with van der Waals surface area (Å²) in [7, 11) is 0. The van der Waals surface area contributed by atoms with Crippen LogP contribution in [-0.4, -0.2) is 26.6 Å². The molecule has 4 atom stereocenters. The third-order valence-corrected chi connectivity index (χ3v) is 10.4. The van der Waals surface area contributed by atoms with Crippen molar-refractivity contribution < 1.29 is 0 Å². The summed E-state index contributed by atoms with van der Waals surface area (Å²) in [6.45, 7) is 2.33. The van der Waals surface area contributed by atoms with Crippen LogP contribution >= 0.6 is 0 Å². The largest absolute Gasteiger partial charge is 0.318 e. The van der Waals surface area contributed by atoms with E-state index in [0.717, 1.165) is 28.4 Å². The van der Waals surface area contributed by atoms with Crippen molar-refractivity contribution in [1.82, 2.24) is 14.5 Å². The molecule has 0 bridgehead atoms. The van der Waals surface area contributed by atoms with Crippen molar-refractivity contribution in [1.29, 1.82) is 0 Å². The highest BCUT2D eigenvalue weighted by atomic mass is 15.4. The van der Waals surface area contributed by atoms with Gasteiger partial charge in [0.2, 0.25) is 5.95 Å². The monoisotopic (exact) mass is 593 g/mol. The quantitative estimate of drug-likeness (QED) is 0.205. The fraction of sp³-hybridized carbons (Fsp3) is 0.122. The lowest BCUT2D eigenvalue weighted by Gasteiger charge is -2.34. The maximum absolute atomic E-state index is 5.49. The van der Waals surface area contributed by atoms with Crippen LogP contribution in [0, 0.1) is 0 Å². The maximum Gasteiger partial charge on any atom is 0.234 e. The molecule has 0 amide bonds. The molecule has 4 aliphatic rings. The van der Waals surface area contributed by atoms with E-state index in [1.54, 1.807) is 0 Å². The third kappa shape index (κ3) is 3.40. The molecule has 46 heavy (non-hydrogen) atoms. The van der Waals surface area contributed by atoms with Gasteiger partial charge in [-0.15, -0.1) is 0 Å². The van der Waals surface area contributed by atoms with Gasteiger partial charge in [-0.1, -0.05) is 121 Å². The van der Waals surface area contributed by atoms with E-state index in [1.165, 1.54) is 27.6 Å². The predicted molar refractivity (Wildman–Crippen MR) is 188 cm³/mol. The van der Waals surface area contributed by atoms with Crippen molar-refractivity contribution in [3.05, 3.63) is 163 Å². The lowest BCUT2D eigenvalue weighted by atomic mass is 9.76.